The lowest BCUT2D eigenvalue weighted by molar-refractivity contribution is 0.247. The van der Waals surface area contributed by atoms with E-state index in [-0.39, 0.29) is 6.03 Å². The van der Waals surface area contributed by atoms with Crippen molar-refractivity contribution in [3.05, 3.63) is 0 Å². The van der Waals surface area contributed by atoms with Gasteiger partial charge in [0.15, 0.2) is 0 Å². The molecule has 4 heteroatoms. The van der Waals surface area contributed by atoms with Crippen LogP contribution in [0, 0.1) is 0 Å². The number of rotatable bonds is 2. The van der Waals surface area contributed by atoms with Gasteiger partial charge in [0.25, 0.3) is 0 Å². The monoisotopic (exact) mass is 186 g/mol. The summed E-state index contributed by atoms with van der Waals surface area (Å²) in [6.07, 6.45) is 2.42. The molecule has 2 aliphatic heterocycles. The van der Waals surface area contributed by atoms with Crippen molar-refractivity contribution in [1.29, 1.82) is 0 Å². The van der Waals surface area contributed by atoms with Gasteiger partial charge in [-0.15, -0.1) is 0 Å². The Kier molecular flexibility index (Phi) is 2.17. The molecule has 0 aliphatic carbocycles. The van der Waals surface area contributed by atoms with Gasteiger partial charge in [0.2, 0.25) is 0 Å². The van der Waals surface area contributed by atoms with Crippen molar-refractivity contribution in [1.82, 2.24) is 10.6 Å². The molecule has 2 saturated heterocycles. The lowest BCUT2D eigenvalue weighted by atomic mass is 10.1. The first kappa shape index (κ1) is 8.23. The zero-order chi connectivity index (χ0) is 8.55. The van der Waals surface area contributed by atoms with E-state index in [0.29, 0.717) is 17.3 Å². The molecule has 68 valence electrons. The van der Waals surface area contributed by atoms with E-state index in [2.05, 4.69) is 17.6 Å². The Bertz CT molecular complexity index is 195. The second kappa shape index (κ2) is 3.17. The van der Waals surface area contributed by atoms with Gasteiger partial charge in [-0.1, -0.05) is 13.3 Å². The Morgan fingerprint density at radius 2 is 2.42 bits per heavy atom. The van der Waals surface area contributed by atoms with Crippen molar-refractivity contribution in [2.75, 3.05) is 5.75 Å². The zero-order valence-electron chi connectivity index (χ0n) is 7.17. The van der Waals surface area contributed by atoms with E-state index >= 15 is 0 Å². The van der Waals surface area contributed by atoms with E-state index in [9.17, 15) is 4.79 Å². The van der Waals surface area contributed by atoms with Crippen molar-refractivity contribution in [3.8, 4) is 0 Å². The normalized spacial score (nSPS) is 39.1. The summed E-state index contributed by atoms with van der Waals surface area (Å²) < 4.78 is 0. The summed E-state index contributed by atoms with van der Waals surface area (Å²) in [4.78, 5) is 11.0. The number of thioether (sulfide) groups is 1. The fourth-order valence-electron chi connectivity index (χ4n) is 1.93. The molecule has 0 spiro atoms. The van der Waals surface area contributed by atoms with Crippen LogP contribution in [0.4, 0.5) is 4.79 Å². The van der Waals surface area contributed by atoms with Gasteiger partial charge in [-0.25, -0.2) is 4.79 Å². The average Bonchev–Trinajstić information content (AvgIpc) is 2.52. The fourth-order valence-corrected chi connectivity index (χ4v) is 3.54. The summed E-state index contributed by atoms with van der Waals surface area (Å²) in [6, 6.07) is 0.799. The van der Waals surface area contributed by atoms with E-state index in [0.717, 1.165) is 5.75 Å². The molecular formula is C8H14N2OS. The first-order valence-corrected chi connectivity index (χ1v) is 5.54. The molecule has 12 heavy (non-hydrogen) atoms. The number of amides is 2. The number of carbonyl (C=O) groups excluding carboxylic acids is 1. The Labute approximate surface area is 76.7 Å². The number of hydrogen-bond donors (Lipinski definition) is 2. The van der Waals surface area contributed by atoms with E-state index in [1.54, 1.807) is 0 Å². The maximum Gasteiger partial charge on any atom is 0.315 e. The standard InChI is InChI=1S/C8H14N2OS/c1-2-3-6-7-5(4-12-6)9-8(11)10-7/h5-7H,2-4H2,1H3,(H2,9,10,11)/t5-,6-,7-/m0/s1. The van der Waals surface area contributed by atoms with Crippen LogP contribution in [0.2, 0.25) is 0 Å². The lowest BCUT2D eigenvalue weighted by Gasteiger charge is -2.15. The molecule has 0 radical (unpaired) electrons. The fraction of sp³-hybridized carbons (Fsp3) is 0.875. The Balaban J connectivity index is 1.98. The molecule has 0 saturated carbocycles. The Morgan fingerprint density at radius 1 is 1.58 bits per heavy atom. The Hall–Kier alpha value is -0.380. The van der Waals surface area contributed by atoms with E-state index < -0.39 is 0 Å². The Morgan fingerprint density at radius 3 is 3.17 bits per heavy atom. The number of urea groups is 1. The third kappa shape index (κ3) is 1.28. The molecule has 0 aromatic rings. The number of fused-ring (bicyclic) bond motifs is 1. The van der Waals surface area contributed by atoms with Crippen LogP contribution >= 0.6 is 11.8 Å². The number of hydrogen-bond acceptors (Lipinski definition) is 2. The van der Waals surface area contributed by atoms with Crippen LogP contribution in [0.5, 0.6) is 0 Å². The zero-order valence-corrected chi connectivity index (χ0v) is 7.99. The van der Waals surface area contributed by atoms with Crippen molar-refractivity contribution < 1.29 is 4.79 Å². The van der Waals surface area contributed by atoms with Gasteiger partial charge < -0.3 is 10.6 Å². The van der Waals surface area contributed by atoms with E-state index in [1.807, 2.05) is 11.8 Å². The van der Waals surface area contributed by atoms with Crippen molar-refractivity contribution in [3.63, 3.8) is 0 Å². The summed E-state index contributed by atoms with van der Waals surface area (Å²) in [7, 11) is 0. The third-order valence-corrected chi connectivity index (χ3v) is 4.02. The summed E-state index contributed by atoms with van der Waals surface area (Å²) in [5.41, 5.74) is 0. The van der Waals surface area contributed by atoms with Gasteiger partial charge in [-0.3, -0.25) is 0 Å². The third-order valence-electron chi connectivity index (χ3n) is 2.51. The van der Waals surface area contributed by atoms with Gasteiger partial charge in [0.1, 0.15) is 0 Å². The molecule has 0 aromatic carbocycles. The summed E-state index contributed by atoms with van der Waals surface area (Å²) in [6.45, 7) is 2.19. The van der Waals surface area contributed by atoms with Crippen LogP contribution in [0.3, 0.4) is 0 Å². The average molecular weight is 186 g/mol. The number of nitrogens with one attached hydrogen (secondary N) is 2. The quantitative estimate of drug-likeness (QED) is 0.630. The molecule has 2 heterocycles. The smallest absolute Gasteiger partial charge is 0.315 e. The molecule has 2 fully saturated rings. The minimum Gasteiger partial charge on any atom is -0.332 e. The molecule has 0 unspecified atom stereocenters. The predicted octanol–water partition coefficient (Wildman–Crippen LogP) is 0.952. The summed E-state index contributed by atoms with van der Waals surface area (Å²) in [5, 5.41) is 6.55. The second-order valence-corrected chi connectivity index (χ2v) is 4.68. The molecule has 0 bridgehead atoms. The van der Waals surface area contributed by atoms with Gasteiger partial charge in [0.05, 0.1) is 12.1 Å². The van der Waals surface area contributed by atoms with Crippen LogP contribution < -0.4 is 10.6 Å². The molecule has 3 nitrogen and oxygen atoms in total. The molecule has 2 N–H and O–H groups in total. The van der Waals surface area contributed by atoms with Gasteiger partial charge in [0, 0.05) is 11.0 Å². The molecule has 2 aliphatic rings. The van der Waals surface area contributed by atoms with Crippen molar-refractivity contribution in [2.45, 2.75) is 37.1 Å². The molecule has 2 amide bonds. The van der Waals surface area contributed by atoms with Crippen LogP contribution in [0.15, 0.2) is 0 Å². The number of carbonyl (C=O) groups is 1. The van der Waals surface area contributed by atoms with Gasteiger partial charge >= 0.3 is 6.03 Å². The van der Waals surface area contributed by atoms with Crippen LogP contribution in [0.1, 0.15) is 19.8 Å². The maximum atomic E-state index is 11.0. The SMILES string of the molecule is CCC[C@@H]1SC[C@@H]2NC(=O)N[C@@H]21. The first-order chi connectivity index (χ1) is 5.81. The highest BCUT2D eigenvalue weighted by Gasteiger charge is 2.42. The highest BCUT2D eigenvalue weighted by molar-refractivity contribution is 8.00. The first-order valence-electron chi connectivity index (χ1n) is 4.50. The largest absolute Gasteiger partial charge is 0.332 e. The van der Waals surface area contributed by atoms with Crippen molar-refractivity contribution in [2.24, 2.45) is 0 Å². The molecule has 2 rings (SSSR count). The summed E-state index contributed by atoms with van der Waals surface area (Å²) >= 11 is 1.98. The molecule has 0 aromatic heterocycles. The molecule has 3 atom stereocenters. The maximum absolute atomic E-state index is 11.0. The minimum atomic E-state index is 0.0198. The van der Waals surface area contributed by atoms with Crippen LogP contribution in [0.25, 0.3) is 0 Å². The van der Waals surface area contributed by atoms with Gasteiger partial charge in [-0.05, 0) is 6.42 Å². The lowest BCUT2D eigenvalue weighted by Crippen LogP contribution is -2.36. The van der Waals surface area contributed by atoms with Crippen LogP contribution in [-0.2, 0) is 0 Å². The highest BCUT2D eigenvalue weighted by atomic mass is 32.2. The summed E-state index contributed by atoms with van der Waals surface area (Å²) in [5.74, 6) is 1.08. The molecular weight excluding hydrogens is 172 g/mol. The topological polar surface area (TPSA) is 41.1 Å². The van der Waals surface area contributed by atoms with Gasteiger partial charge in [-0.2, -0.15) is 11.8 Å². The second-order valence-electron chi connectivity index (χ2n) is 3.41. The van der Waals surface area contributed by atoms with Crippen molar-refractivity contribution >= 4 is 17.8 Å². The van der Waals surface area contributed by atoms with Crippen LogP contribution in [-0.4, -0.2) is 29.1 Å². The predicted molar refractivity (Wildman–Crippen MR) is 50.4 cm³/mol. The highest BCUT2D eigenvalue weighted by Crippen LogP contribution is 2.32. The minimum absolute atomic E-state index is 0.0198. The van der Waals surface area contributed by atoms with E-state index in [1.165, 1.54) is 12.8 Å². The van der Waals surface area contributed by atoms with E-state index in [4.69, 9.17) is 0 Å².